The smallest absolute Gasteiger partial charge is 0.125 e. The first-order valence-electron chi connectivity index (χ1n) is 7.21. The lowest BCUT2D eigenvalue weighted by molar-refractivity contribution is 0.352. The molecule has 4 heteroatoms. The number of aryl methyl sites for hydroxylation is 1. The minimum atomic E-state index is 0.260. The number of nitrogens with zero attached hydrogens (tertiary/aromatic N) is 1. The van der Waals surface area contributed by atoms with Gasteiger partial charge in [-0.25, -0.2) is 0 Å². The second-order valence-electron chi connectivity index (χ2n) is 5.43. The lowest BCUT2D eigenvalue weighted by atomic mass is 9.95. The summed E-state index contributed by atoms with van der Waals surface area (Å²) in [7, 11) is 2.00. The third-order valence-corrected chi connectivity index (χ3v) is 4.49. The largest absolute Gasteiger partial charge is 0.493 e. The van der Waals surface area contributed by atoms with E-state index in [0.29, 0.717) is 0 Å². The molecule has 21 heavy (non-hydrogen) atoms. The van der Waals surface area contributed by atoms with E-state index in [-0.39, 0.29) is 6.04 Å². The number of pyridine rings is 1. The predicted octanol–water partition coefficient (Wildman–Crippen LogP) is 3.59. The van der Waals surface area contributed by atoms with Crippen LogP contribution in [-0.2, 0) is 12.8 Å². The van der Waals surface area contributed by atoms with Gasteiger partial charge < -0.3 is 10.1 Å². The zero-order chi connectivity index (χ0) is 14.8. The molecule has 3 nitrogen and oxygen atoms in total. The number of hydrogen-bond donors (Lipinski definition) is 1. The first kappa shape index (κ1) is 14.5. The van der Waals surface area contributed by atoms with E-state index < -0.39 is 0 Å². The van der Waals surface area contributed by atoms with Gasteiger partial charge in [-0.05, 0) is 60.8 Å². The van der Waals surface area contributed by atoms with Gasteiger partial charge in [-0.15, -0.1) is 0 Å². The van der Waals surface area contributed by atoms with Crippen molar-refractivity contribution in [2.24, 2.45) is 0 Å². The number of fused-ring (bicyclic) bond motifs is 1. The zero-order valence-corrected chi connectivity index (χ0v) is 13.9. The van der Waals surface area contributed by atoms with E-state index in [1.54, 1.807) is 0 Å². The fourth-order valence-electron chi connectivity index (χ4n) is 2.96. The van der Waals surface area contributed by atoms with Gasteiger partial charge in [0.1, 0.15) is 5.75 Å². The summed E-state index contributed by atoms with van der Waals surface area (Å²) in [4.78, 5) is 4.18. The van der Waals surface area contributed by atoms with Gasteiger partial charge in [0.15, 0.2) is 0 Å². The van der Waals surface area contributed by atoms with Crippen molar-refractivity contribution in [3.63, 3.8) is 0 Å². The van der Waals surface area contributed by atoms with Crippen LogP contribution in [0.15, 0.2) is 35.1 Å². The highest BCUT2D eigenvalue weighted by atomic mass is 79.9. The molecule has 1 aromatic heterocycles. The predicted molar refractivity (Wildman–Crippen MR) is 87.8 cm³/mol. The van der Waals surface area contributed by atoms with Crippen LogP contribution in [0, 0.1) is 6.92 Å². The van der Waals surface area contributed by atoms with Crippen LogP contribution in [0.25, 0.3) is 0 Å². The Hall–Kier alpha value is -1.39. The van der Waals surface area contributed by atoms with Gasteiger partial charge in [-0.2, -0.15) is 0 Å². The van der Waals surface area contributed by atoms with Gasteiger partial charge in [0, 0.05) is 29.3 Å². The van der Waals surface area contributed by atoms with E-state index in [4.69, 9.17) is 4.74 Å². The van der Waals surface area contributed by atoms with Crippen molar-refractivity contribution in [3.05, 3.63) is 57.3 Å². The molecule has 0 fully saturated rings. The molecule has 0 spiro atoms. The normalized spacial score (nSPS) is 14.6. The highest BCUT2D eigenvalue weighted by Gasteiger charge is 2.21. The molecule has 1 N–H and O–H groups in total. The van der Waals surface area contributed by atoms with Gasteiger partial charge in [0.25, 0.3) is 0 Å². The Morgan fingerprint density at radius 2 is 2.29 bits per heavy atom. The molecule has 1 aliphatic rings. The Bertz CT molecular complexity index is 657. The maximum atomic E-state index is 5.84. The van der Waals surface area contributed by atoms with Crippen molar-refractivity contribution in [2.75, 3.05) is 13.7 Å². The van der Waals surface area contributed by atoms with Gasteiger partial charge in [0.05, 0.1) is 6.61 Å². The Labute approximate surface area is 133 Å². The summed E-state index contributed by atoms with van der Waals surface area (Å²) in [5, 5.41) is 3.42. The van der Waals surface area contributed by atoms with Crippen LogP contribution in [-0.4, -0.2) is 18.6 Å². The summed E-state index contributed by atoms with van der Waals surface area (Å²) in [5.74, 6) is 1.07. The van der Waals surface area contributed by atoms with Crippen molar-refractivity contribution in [1.29, 1.82) is 0 Å². The van der Waals surface area contributed by atoms with Gasteiger partial charge in [-0.3, -0.25) is 4.98 Å². The second kappa shape index (κ2) is 6.16. The highest BCUT2D eigenvalue weighted by molar-refractivity contribution is 9.10. The van der Waals surface area contributed by atoms with E-state index in [2.05, 4.69) is 51.4 Å². The number of rotatable bonds is 4. The van der Waals surface area contributed by atoms with Crippen molar-refractivity contribution in [1.82, 2.24) is 10.3 Å². The summed E-state index contributed by atoms with van der Waals surface area (Å²) in [6, 6.07) is 6.69. The molecule has 0 saturated carbocycles. The van der Waals surface area contributed by atoms with Crippen LogP contribution in [0.3, 0.4) is 0 Å². The first-order chi connectivity index (χ1) is 10.2. The molecule has 0 aliphatic carbocycles. The Morgan fingerprint density at radius 3 is 3.05 bits per heavy atom. The lowest BCUT2D eigenvalue weighted by Gasteiger charge is -2.20. The number of nitrogens with one attached hydrogen (secondary N) is 1. The number of likely N-dealkylation sites (N-methyl/N-ethyl adjacent to an activating group) is 1. The second-order valence-corrected chi connectivity index (χ2v) is 6.34. The number of ether oxygens (including phenoxy) is 1. The van der Waals surface area contributed by atoms with Crippen LogP contribution in [0.5, 0.6) is 5.75 Å². The SMILES string of the molecule is CNC(Cc1cc(Br)cc2c1OCC2)c1ccncc1C. The van der Waals surface area contributed by atoms with Crippen molar-refractivity contribution in [3.8, 4) is 5.75 Å². The highest BCUT2D eigenvalue weighted by Crippen LogP contribution is 2.35. The lowest BCUT2D eigenvalue weighted by Crippen LogP contribution is -2.20. The third-order valence-electron chi connectivity index (χ3n) is 4.04. The quantitative estimate of drug-likeness (QED) is 0.918. The molecule has 2 aromatic rings. The van der Waals surface area contributed by atoms with Crippen molar-refractivity contribution < 1.29 is 4.74 Å². The van der Waals surface area contributed by atoms with Crippen molar-refractivity contribution >= 4 is 15.9 Å². The summed E-state index contributed by atoms with van der Waals surface area (Å²) >= 11 is 3.61. The molecule has 0 radical (unpaired) electrons. The minimum absolute atomic E-state index is 0.260. The fourth-order valence-corrected chi connectivity index (χ4v) is 3.51. The maximum absolute atomic E-state index is 5.84. The van der Waals surface area contributed by atoms with E-state index in [1.807, 2.05) is 19.4 Å². The molecular weight excluding hydrogens is 328 g/mol. The van der Waals surface area contributed by atoms with Crippen LogP contribution in [0.2, 0.25) is 0 Å². The number of benzene rings is 1. The summed E-state index contributed by atoms with van der Waals surface area (Å²) in [6.45, 7) is 2.89. The molecule has 3 rings (SSSR count). The zero-order valence-electron chi connectivity index (χ0n) is 12.3. The molecular formula is C17H19BrN2O. The van der Waals surface area contributed by atoms with E-state index in [1.165, 1.54) is 22.3 Å². The fraction of sp³-hybridized carbons (Fsp3) is 0.353. The van der Waals surface area contributed by atoms with Crippen LogP contribution in [0.1, 0.15) is 28.3 Å². The van der Waals surface area contributed by atoms with Gasteiger partial charge >= 0.3 is 0 Å². The number of aromatic nitrogens is 1. The van der Waals surface area contributed by atoms with Gasteiger partial charge in [-0.1, -0.05) is 15.9 Å². The molecule has 1 aliphatic heterocycles. The molecule has 1 aromatic carbocycles. The Morgan fingerprint density at radius 1 is 1.43 bits per heavy atom. The first-order valence-corrected chi connectivity index (χ1v) is 8.00. The monoisotopic (exact) mass is 346 g/mol. The average molecular weight is 347 g/mol. The standard InChI is InChI=1S/C17H19BrN2O/c1-11-10-20-5-3-15(11)16(19-2)9-13-8-14(18)7-12-4-6-21-17(12)13/h3,5,7-8,10,16,19H,4,6,9H2,1-2H3. The molecule has 1 unspecified atom stereocenters. The number of halogens is 1. The Balaban J connectivity index is 1.94. The van der Waals surface area contributed by atoms with Gasteiger partial charge in [0.2, 0.25) is 0 Å². The summed E-state index contributed by atoms with van der Waals surface area (Å²) in [5.41, 5.74) is 5.07. The van der Waals surface area contributed by atoms with Crippen LogP contribution < -0.4 is 10.1 Å². The van der Waals surface area contributed by atoms with Crippen molar-refractivity contribution in [2.45, 2.75) is 25.8 Å². The van der Waals surface area contributed by atoms with Crippen LogP contribution >= 0.6 is 15.9 Å². The maximum Gasteiger partial charge on any atom is 0.125 e. The van der Waals surface area contributed by atoms with E-state index in [0.717, 1.165) is 29.7 Å². The summed E-state index contributed by atoms with van der Waals surface area (Å²) < 4.78 is 6.96. The third kappa shape index (κ3) is 2.97. The topological polar surface area (TPSA) is 34.1 Å². The molecule has 0 amide bonds. The molecule has 0 bridgehead atoms. The molecule has 2 heterocycles. The van der Waals surface area contributed by atoms with Crippen LogP contribution in [0.4, 0.5) is 0 Å². The number of hydrogen-bond acceptors (Lipinski definition) is 3. The van der Waals surface area contributed by atoms with E-state index in [9.17, 15) is 0 Å². The average Bonchev–Trinajstić information content (AvgIpc) is 2.93. The molecule has 0 saturated heterocycles. The molecule has 1 atom stereocenters. The molecule has 110 valence electrons. The minimum Gasteiger partial charge on any atom is -0.493 e. The van der Waals surface area contributed by atoms with E-state index >= 15 is 0 Å². The summed E-state index contributed by atoms with van der Waals surface area (Å²) in [6.07, 6.45) is 5.68. The Kier molecular flexibility index (Phi) is 4.27.